The van der Waals surface area contributed by atoms with Crippen LogP contribution < -0.4 is 5.73 Å². The van der Waals surface area contributed by atoms with Gasteiger partial charge in [0, 0.05) is 18.2 Å². The Hall–Kier alpha value is -2.12. The summed E-state index contributed by atoms with van der Waals surface area (Å²) in [7, 11) is 0. The van der Waals surface area contributed by atoms with Gasteiger partial charge in [-0.25, -0.2) is 14.6 Å². The molecule has 0 spiro atoms. The first kappa shape index (κ1) is 11.9. The second kappa shape index (κ2) is 3.94. The number of alkyl halides is 3. The van der Waals surface area contributed by atoms with E-state index in [2.05, 4.69) is 15.1 Å². The van der Waals surface area contributed by atoms with Crippen LogP contribution in [0, 0.1) is 0 Å². The normalized spacial score (nSPS) is 15.7. The summed E-state index contributed by atoms with van der Waals surface area (Å²) in [6.45, 7) is 0. The van der Waals surface area contributed by atoms with Crippen molar-refractivity contribution >= 4 is 5.82 Å². The Morgan fingerprint density at radius 3 is 2.58 bits per heavy atom. The highest BCUT2D eigenvalue weighted by atomic mass is 19.4. The standard InChI is InChI=1S/C11H10F3N5/c12-11(13,14)7-3-4-19(18-7)9-5-8(15)16-10(17-9)6-1-2-6/h3-6H,1-2H2,(H2,15,16,17). The Morgan fingerprint density at radius 2 is 2.00 bits per heavy atom. The minimum atomic E-state index is -4.47. The summed E-state index contributed by atoms with van der Waals surface area (Å²) in [5, 5.41) is 3.46. The molecule has 1 aliphatic rings. The topological polar surface area (TPSA) is 69.6 Å². The zero-order valence-electron chi connectivity index (χ0n) is 9.72. The number of hydrogen-bond acceptors (Lipinski definition) is 4. The van der Waals surface area contributed by atoms with Crippen molar-refractivity contribution in [2.24, 2.45) is 0 Å². The van der Waals surface area contributed by atoms with E-state index in [-0.39, 0.29) is 17.6 Å². The van der Waals surface area contributed by atoms with Gasteiger partial charge in [-0.2, -0.15) is 18.3 Å². The summed E-state index contributed by atoms with van der Waals surface area (Å²) in [6.07, 6.45) is -1.30. The Bertz CT molecular complexity index is 615. The predicted molar refractivity (Wildman–Crippen MR) is 60.5 cm³/mol. The third-order valence-electron chi connectivity index (χ3n) is 2.81. The Kier molecular flexibility index (Phi) is 2.48. The Balaban J connectivity index is 1.99. The first-order valence-electron chi connectivity index (χ1n) is 5.71. The minimum absolute atomic E-state index is 0.232. The number of nitrogens with zero attached hydrogens (tertiary/aromatic N) is 4. The molecule has 0 radical (unpaired) electrons. The maximum absolute atomic E-state index is 12.5. The summed E-state index contributed by atoms with van der Waals surface area (Å²) in [4.78, 5) is 8.28. The van der Waals surface area contributed by atoms with E-state index in [4.69, 9.17) is 5.73 Å². The number of anilines is 1. The highest BCUT2D eigenvalue weighted by Crippen LogP contribution is 2.38. The molecule has 3 rings (SSSR count). The molecule has 8 heteroatoms. The van der Waals surface area contributed by atoms with Crippen LogP contribution in [0.3, 0.4) is 0 Å². The number of rotatable bonds is 2. The second-order valence-electron chi connectivity index (χ2n) is 4.43. The smallest absolute Gasteiger partial charge is 0.384 e. The van der Waals surface area contributed by atoms with E-state index < -0.39 is 11.9 Å². The molecular formula is C11H10F3N5. The van der Waals surface area contributed by atoms with Crippen molar-refractivity contribution in [3.05, 3.63) is 29.8 Å². The zero-order valence-corrected chi connectivity index (χ0v) is 9.72. The van der Waals surface area contributed by atoms with Gasteiger partial charge in [0.15, 0.2) is 11.5 Å². The van der Waals surface area contributed by atoms with Gasteiger partial charge < -0.3 is 5.73 Å². The number of nitrogen functional groups attached to an aromatic ring is 1. The van der Waals surface area contributed by atoms with Gasteiger partial charge in [-0.1, -0.05) is 0 Å². The fraction of sp³-hybridized carbons (Fsp3) is 0.364. The number of hydrogen-bond donors (Lipinski definition) is 1. The predicted octanol–water partition coefficient (Wildman–Crippen LogP) is 2.14. The van der Waals surface area contributed by atoms with E-state index >= 15 is 0 Å². The van der Waals surface area contributed by atoms with E-state index in [1.54, 1.807) is 0 Å². The lowest BCUT2D eigenvalue weighted by atomic mass is 10.4. The molecule has 1 saturated carbocycles. The molecular weight excluding hydrogens is 259 g/mol. The monoisotopic (exact) mass is 269 g/mol. The van der Waals surface area contributed by atoms with Crippen LogP contribution in [0.1, 0.15) is 30.3 Å². The van der Waals surface area contributed by atoms with Gasteiger partial charge in [0.2, 0.25) is 0 Å². The fourth-order valence-electron chi connectivity index (χ4n) is 1.72. The Labute approximate surface area is 106 Å². The van der Waals surface area contributed by atoms with Crippen molar-refractivity contribution in [3.8, 4) is 5.82 Å². The molecule has 0 aromatic carbocycles. The summed E-state index contributed by atoms with van der Waals surface area (Å²) in [6, 6.07) is 2.30. The van der Waals surface area contributed by atoms with Crippen LogP contribution in [0.25, 0.3) is 5.82 Å². The molecule has 19 heavy (non-hydrogen) atoms. The van der Waals surface area contributed by atoms with Crippen LogP contribution in [0.2, 0.25) is 0 Å². The van der Waals surface area contributed by atoms with Crippen LogP contribution in [-0.2, 0) is 6.18 Å². The second-order valence-corrected chi connectivity index (χ2v) is 4.43. The first-order valence-corrected chi connectivity index (χ1v) is 5.71. The van der Waals surface area contributed by atoms with E-state index in [1.807, 2.05) is 0 Å². The third kappa shape index (κ3) is 2.38. The summed E-state index contributed by atoms with van der Waals surface area (Å²) < 4.78 is 38.5. The molecule has 0 amide bonds. The molecule has 0 unspecified atom stereocenters. The zero-order chi connectivity index (χ0) is 13.6. The summed E-state index contributed by atoms with van der Waals surface area (Å²) >= 11 is 0. The van der Waals surface area contributed by atoms with Crippen molar-refractivity contribution in [1.82, 2.24) is 19.7 Å². The lowest BCUT2D eigenvalue weighted by Crippen LogP contribution is -2.09. The lowest BCUT2D eigenvalue weighted by Gasteiger charge is -2.05. The molecule has 2 N–H and O–H groups in total. The maximum atomic E-state index is 12.5. The van der Waals surface area contributed by atoms with Crippen LogP contribution in [0.4, 0.5) is 19.0 Å². The third-order valence-corrected chi connectivity index (χ3v) is 2.81. The van der Waals surface area contributed by atoms with Crippen LogP contribution in [0.5, 0.6) is 0 Å². The van der Waals surface area contributed by atoms with E-state index in [0.717, 1.165) is 23.6 Å². The van der Waals surface area contributed by atoms with E-state index in [0.29, 0.717) is 5.82 Å². The molecule has 0 saturated heterocycles. The van der Waals surface area contributed by atoms with Gasteiger partial charge >= 0.3 is 6.18 Å². The highest BCUT2D eigenvalue weighted by Gasteiger charge is 2.34. The van der Waals surface area contributed by atoms with Crippen molar-refractivity contribution in [1.29, 1.82) is 0 Å². The summed E-state index contributed by atoms with van der Waals surface area (Å²) in [5.74, 6) is 1.32. The fourth-order valence-corrected chi connectivity index (χ4v) is 1.72. The van der Waals surface area contributed by atoms with Gasteiger partial charge in [-0.15, -0.1) is 0 Å². The molecule has 2 aromatic heterocycles. The van der Waals surface area contributed by atoms with Gasteiger partial charge in [-0.05, 0) is 18.9 Å². The summed E-state index contributed by atoms with van der Waals surface area (Å²) in [5.41, 5.74) is 4.68. The van der Waals surface area contributed by atoms with Crippen molar-refractivity contribution < 1.29 is 13.2 Å². The molecule has 0 atom stereocenters. The van der Waals surface area contributed by atoms with E-state index in [1.165, 1.54) is 12.3 Å². The molecule has 2 aromatic rings. The van der Waals surface area contributed by atoms with Gasteiger partial charge in [0.25, 0.3) is 0 Å². The molecule has 100 valence electrons. The van der Waals surface area contributed by atoms with Gasteiger partial charge in [0.05, 0.1) is 0 Å². The highest BCUT2D eigenvalue weighted by molar-refractivity contribution is 5.38. The number of halogens is 3. The quantitative estimate of drug-likeness (QED) is 0.906. The van der Waals surface area contributed by atoms with Crippen LogP contribution in [-0.4, -0.2) is 19.7 Å². The average molecular weight is 269 g/mol. The van der Waals surface area contributed by atoms with E-state index in [9.17, 15) is 13.2 Å². The van der Waals surface area contributed by atoms with Gasteiger partial charge in [0.1, 0.15) is 11.6 Å². The first-order chi connectivity index (χ1) is 8.93. The maximum Gasteiger partial charge on any atom is 0.435 e. The molecule has 1 fully saturated rings. The number of nitrogens with two attached hydrogens (primary N) is 1. The minimum Gasteiger partial charge on any atom is -0.384 e. The Morgan fingerprint density at radius 1 is 1.26 bits per heavy atom. The number of aromatic nitrogens is 4. The largest absolute Gasteiger partial charge is 0.435 e. The van der Waals surface area contributed by atoms with Crippen LogP contribution in [0.15, 0.2) is 18.3 Å². The van der Waals surface area contributed by atoms with Crippen LogP contribution >= 0.6 is 0 Å². The SMILES string of the molecule is Nc1cc(-n2ccc(C(F)(F)F)n2)nc(C2CC2)n1. The molecule has 0 aliphatic heterocycles. The molecule has 0 bridgehead atoms. The molecule has 1 aliphatic carbocycles. The van der Waals surface area contributed by atoms with Crippen molar-refractivity contribution in [2.45, 2.75) is 24.9 Å². The lowest BCUT2D eigenvalue weighted by molar-refractivity contribution is -0.141. The molecule has 2 heterocycles. The van der Waals surface area contributed by atoms with Crippen molar-refractivity contribution in [3.63, 3.8) is 0 Å². The molecule has 5 nitrogen and oxygen atoms in total. The average Bonchev–Trinajstić information content (AvgIpc) is 3.03. The van der Waals surface area contributed by atoms with Crippen molar-refractivity contribution in [2.75, 3.05) is 5.73 Å². The van der Waals surface area contributed by atoms with Gasteiger partial charge in [-0.3, -0.25) is 0 Å².